The number of unbranched alkanes of at least 4 members (excludes halogenated alkanes) is 2. The quantitative estimate of drug-likeness (QED) is 0.468. The van der Waals surface area contributed by atoms with Gasteiger partial charge in [-0.05, 0) is 19.3 Å². The molecule has 0 spiro atoms. The van der Waals surface area contributed by atoms with Crippen molar-refractivity contribution in [2.24, 2.45) is 0 Å². The zero-order chi connectivity index (χ0) is 20.7. The fraction of sp³-hybridized carbons (Fsp3) is 0.500. The van der Waals surface area contributed by atoms with E-state index < -0.39 is 12.0 Å². The molecule has 2 aromatic rings. The summed E-state index contributed by atoms with van der Waals surface area (Å²) >= 11 is 0. The predicted molar refractivity (Wildman–Crippen MR) is 102 cm³/mol. The van der Waals surface area contributed by atoms with E-state index in [4.69, 9.17) is 0 Å². The topological polar surface area (TPSA) is 95.0 Å². The minimum atomic E-state index is -3.39. The molecule has 1 fully saturated rings. The highest BCUT2D eigenvalue weighted by Crippen LogP contribution is 2.32. The second-order valence-electron chi connectivity index (χ2n) is 7.15. The number of rotatable bonds is 10. The second-order valence-corrected chi connectivity index (χ2v) is 7.15. The molecular weight excluding hydrogens is 380 g/mol. The summed E-state index contributed by atoms with van der Waals surface area (Å²) in [6.07, 6.45) is 4.95. The molecule has 0 radical (unpaired) electrons. The van der Waals surface area contributed by atoms with E-state index in [0.717, 1.165) is 25.3 Å². The van der Waals surface area contributed by atoms with Crippen molar-refractivity contribution < 1.29 is 18.7 Å². The van der Waals surface area contributed by atoms with Crippen LogP contribution >= 0.6 is 0 Å². The molecule has 1 aromatic heterocycles. The molecule has 7 nitrogen and oxygen atoms in total. The molecule has 0 saturated carbocycles. The first-order chi connectivity index (χ1) is 14.0. The number of benzene rings is 1. The Balaban J connectivity index is 1.50. The van der Waals surface area contributed by atoms with Crippen molar-refractivity contribution in [2.75, 3.05) is 6.54 Å². The van der Waals surface area contributed by atoms with Gasteiger partial charge >= 0.3 is 5.92 Å². The number of likely N-dealkylation sites (tertiary alicyclic amines) is 1. The van der Waals surface area contributed by atoms with E-state index in [1.165, 1.54) is 30.3 Å². The largest absolute Gasteiger partial charge is 0.382 e. The maximum atomic E-state index is 14.4. The molecule has 1 aromatic carbocycles. The first-order valence-corrected chi connectivity index (χ1v) is 9.80. The number of aryl methyl sites for hydroxylation is 1. The molecule has 29 heavy (non-hydrogen) atoms. The van der Waals surface area contributed by atoms with Gasteiger partial charge in [-0.2, -0.15) is 14.0 Å². The summed E-state index contributed by atoms with van der Waals surface area (Å²) in [6, 6.07) is 6.98. The van der Waals surface area contributed by atoms with Gasteiger partial charge in [-0.25, -0.2) is 0 Å². The highest BCUT2D eigenvalue weighted by molar-refractivity contribution is 5.79. The number of nitrogens with zero attached hydrogens (tertiary/aromatic N) is 4. The van der Waals surface area contributed by atoms with Crippen LogP contribution in [0.5, 0.6) is 0 Å². The predicted octanol–water partition coefficient (Wildman–Crippen LogP) is 2.61. The normalized spacial score (nSPS) is 18.7. The van der Waals surface area contributed by atoms with Crippen LogP contribution in [0.25, 0.3) is 0 Å². The number of aliphatic hydroxyl groups is 1. The molecule has 1 unspecified atom stereocenters. The van der Waals surface area contributed by atoms with Crippen molar-refractivity contribution in [2.45, 2.75) is 56.6 Å². The lowest BCUT2D eigenvalue weighted by molar-refractivity contribution is -0.128. The van der Waals surface area contributed by atoms with Gasteiger partial charge in [0.2, 0.25) is 5.91 Å². The van der Waals surface area contributed by atoms with Crippen LogP contribution in [0.15, 0.2) is 42.5 Å². The van der Waals surface area contributed by atoms with Gasteiger partial charge in [0.1, 0.15) is 6.10 Å². The molecule has 1 saturated heterocycles. The number of aliphatic hydroxyl groups excluding tert-OH is 1. The van der Waals surface area contributed by atoms with E-state index >= 15 is 0 Å². The third-order valence-electron chi connectivity index (χ3n) is 5.11. The summed E-state index contributed by atoms with van der Waals surface area (Å²) < 4.78 is 28.8. The first kappa shape index (κ1) is 21.0. The minimum Gasteiger partial charge on any atom is -0.382 e. The Morgan fingerprint density at radius 2 is 2.07 bits per heavy atom. The Morgan fingerprint density at radius 3 is 2.79 bits per heavy atom. The number of halogens is 2. The zero-order valence-electron chi connectivity index (χ0n) is 16.0. The summed E-state index contributed by atoms with van der Waals surface area (Å²) in [6.45, 7) is 0.561. The number of H-pyrrole nitrogens is 1. The molecule has 156 valence electrons. The maximum Gasteiger partial charge on any atom is 0.302 e. The van der Waals surface area contributed by atoms with Crippen LogP contribution in [0.1, 0.15) is 43.5 Å². The molecule has 9 heteroatoms. The summed E-state index contributed by atoms with van der Waals surface area (Å²) in [7, 11) is 0. The van der Waals surface area contributed by atoms with E-state index in [1.54, 1.807) is 11.0 Å². The van der Waals surface area contributed by atoms with Crippen LogP contribution in [-0.2, 0) is 17.1 Å². The first-order valence-electron chi connectivity index (χ1n) is 9.80. The third kappa shape index (κ3) is 5.44. The summed E-state index contributed by atoms with van der Waals surface area (Å²) in [4.78, 5) is 13.9. The van der Waals surface area contributed by atoms with Gasteiger partial charge in [0.25, 0.3) is 0 Å². The van der Waals surface area contributed by atoms with Gasteiger partial charge in [-0.1, -0.05) is 54.1 Å². The monoisotopic (exact) mass is 405 g/mol. The number of hydrogen-bond donors (Lipinski definition) is 2. The summed E-state index contributed by atoms with van der Waals surface area (Å²) in [5.41, 5.74) is -0.238. The zero-order valence-corrected chi connectivity index (χ0v) is 16.0. The van der Waals surface area contributed by atoms with Crippen molar-refractivity contribution in [3.8, 4) is 0 Å². The number of carbonyl (C=O) groups excluding carboxylic acids is 1. The second kappa shape index (κ2) is 9.69. The Labute approximate surface area is 167 Å². The van der Waals surface area contributed by atoms with Gasteiger partial charge in [-0.3, -0.25) is 4.79 Å². The summed E-state index contributed by atoms with van der Waals surface area (Å²) in [5, 5.41) is 23.7. The van der Waals surface area contributed by atoms with E-state index in [9.17, 15) is 18.7 Å². The van der Waals surface area contributed by atoms with E-state index in [0.29, 0.717) is 31.6 Å². The van der Waals surface area contributed by atoms with Gasteiger partial charge < -0.3 is 10.0 Å². The maximum absolute atomic E-state index is 14.4. The molecule has 2 N–H and O–H groups in total. The Kier molecular flexibility index (Phi) is 7.03. The smallest absolute Gasteiger partial charge is 0.302 e. The highest BCUT2D eigenvalue weighted by Gasteiger charge is 2.39. The molecule has 0 aliphatic carbocycles. The number of hydrogen-bond acceptors (Lipinski definition) is 5. The van der Waals surface area contributed by atoms with Crippen LogP contribution in [0, 0.1) is 0 Å². The van der Waals surface area contributed by atoms with Crippen molar-refractivity contribution in [1.82, 2.24) is 25.5 Å². The molecule has 1 amide bonds. The number of tetrazole rings is 1. The third-order valence-corrected chi connectivity index (χ3v) is 5.11. The standard InChI is InChI=1S/C20H25F2N5O2/c21-20(22,15-7-3-1-4-8-15)17(28)12-10-16-11-13-19(29)27(16)14-6-2-5-9-18-23-25-26-24-18/h1,3-4,7-8,10,12,16-17,28H,2,5-6,9,11,13-14H2,(H,23,24,25,26)/t16-,17?/m0/s1. The van der Waals surface area contributed by atoms with Crippen molar-refractivity contribution >= 4 is 5.91 Å². The van der Waals surface area contributed by atoms with Gasteiger partial charge in [0.05, 0.1) is 6.04 Å². The van der Waals surface area contributed by atoms with Crippen molar-refractivity contribution in [3.05, 3.63) is 53.9 Å². The van der Waals surface area contributed by atoms with Crippen molar-refractivity contribution in [3.63, 3.8) is 0 Å². The Morgan fingerprint density at radius 1 is 1.28 bits per heavy atom. The van der Waals surface area contributed by atoms with Gasteiger partial charge in [0, 0.05) is 24.9 Å². The van der Waals surface area contributed by atoms with Crippen molar-refractivity contribution in [1.29, 1.82) is 0 Å². The van der Waals surface area contributed by atoms with Gasteiger partial charge in [0.15, 0.2) is 5.82 Å². The lowest BCUT2D eigenvalue weighted by atomic mass is 10.0. The molecular formula is C20H25F2N5O2. The van der Waals surface area contributed by atoms with Crippen LogP contribution in [-0.4, -0.2) is 55.2 Å². The van der Waals surface area contributed by atoms with Crippen LogP contribution in [0.4, 0.5) is 8.78 Å². The molecule has 1 aliphatic rings. The average molecular weight is 405 g/mol. The van der Waals surface area contributed by atoms with E-state index in [2.05, 4.69) is 20.6 Å². The van der Waals surface area contributed by atoms with E-state index in [1.807, 2.05) is 0 Å². The number of carbonyl (C=O) groups is 1. The number of alkyl halides is 2. The van der Waals surface area contributed by atoms with Gasteiger partial charge in [-0.15, -0.1) is 10.2 Å². The number of amides is 1. The number of nitrogens with one attached hydrogen (secondary N) is 1. The van der Waals surface area contributed by atoms with E-state index in [-0.39, 0.29) is 17.5 Å². The Bertz CT molecular complexity index is 798. The average Bonchev–Trinajstić information content (AvgIpc) is 3.37. The Hall–Kier alpha value is -2.68. The summed E-state index contributed by atoms with van der Waals surface area (Å²) in [5.74, 6) is -2.71. The lowest BCUT2D eigenvalue weighted by Gasteiger charge is -2.24. The van der Waals surface area contributed by atoms with Crippen LogP contribution in [0.2, 0.25) is 0 Å². The SMILES string of the molecule is O=C1CC[C@H](C=CC(O)C(F)(F)c2ccccc2)N1CCCCCc1nn[nH]n1. The molecule has 0 bridgehead atoms. The highest BCUT2D eigenvalue weighted by atomic mass is 19.3. The van der Waals surface area contributed by atoms with Crippen LogP contribution in [0.3, 0.4) is 0 Å². The lowest BCUT2D eigenvalue weighted by Crippen LogP contribution is -2.34. The van der Waals surface area contributed by atoms with Crippen LogP contribution < -0.4 is 0 Å². The molecule has 3 rings (SSSR count). The number of aromatic amines is 1. The molecule has 1 aliphatic heterocycles. The molecule has 2 atom stereocenters. The minimum absolute atomic E-state index is 0.0159. The molecule has 2 heterocycles. The fourth-order valence-electron chi connectivity index (χ4n) is 3.46. The fourth-order valence-corrected chi connectivity index (χ4v) is 3.46. The number of aromatic nitrogens is 4.